The highest BCUT2D eigenvalue weighted by atomic mass is 32.1. The first-order valence-corrected chi connectivity index (χ1v) is 11.9. The lowest BCUT2D eigenvalue weighted by molar-refractivity contribution is 0.118. The van der Waals surface area contributed by atoms with Crippen molar-refractivity contribution < 1.29 is 4.74 Å². The summed E-state index contributed by atoms with van der Waals surface area (Å²) in [4.78, 5) is 12.1. The predicted octanol–water partition coefficient (Wildman–Crippen LogP) is 4.91. The summed E-state index contributed by atoms with van der Waals surface area (Å²) in [5, 5.41) is 4.31. The van der Waals surface area contributed by atoms with Crippen molar-refractivity contribution in [2.24, 2.45) is 0 Å². The number of rotatable bonds is 3. The highest BCUT2D eigenvalue weighted by molar-refractivity contribution is 7.78. The van der Waals surface area contributed by atoms with E-state index in [4.69, 9.17) is 9.72 Å². The van der Waals surface area contributed by atoms with E-state index in [9.17, 15) is 0 Å². The Balaban J connectivity index is 1.36. The molecule has 3 aromatic rings. The third-order valence-corrected chi connectivity index (χ3v) is 7.74. The maximum atomic E-state index is 5.64. The molecular formula is C22H28N4OS2. The predicted molar refractivity (Wildman–Crippen MR) is 122 cm³/mol. The molecule has 1 saturated carbocycles. The second-order valence-corrected chi connectivity index (χ2v) is 9.62. The fraction of sp³-hybridized carbons (Fsp3) is 0.545. The molecule has 154 valence electrons. The number of thiazole rings is 1. The molecule has 0 aromatic carbocycles. The van der Waals surface area contributed by atoms with Gasteiger partial charge in [0.1, 0.15) is 10.7 Å². The number of hydrogen-bond acceptors (Lipinski definition) is 6. The van der Waals surface area contributed by atoms with E-state index in [1.54, 1.807) is 11.3 Å². The van der Waals surface area contributed by atoms with Crippen molar-refractivity contribution in [1.82, 2.24) is 18.8 Å². The second kappa shape index (κ2) is 8.38. The molecule has 0 spiro atoms. The Labute approximate surface area is 181 Å². The number of hydrogen-bond donors (Lipinski definition) is 1. The molecule has 2 aliphatic rings. The van der Waals surface area contributed by atoms with Crippen LogP contribution in [0.5, 0.6) is 0 Å². The van der Waals surface area contributed by atoms with Crippen molar-refractivity contribution >= 4 is 35.2 Å². The number of ether oxygens (including phenoxy) is 1. The first kappa shape index (κ1) is 19.5. The highest BCUT2D eigenvalue weighted by Gasteiger charge is 2.28. The Morgan fingerprint density at radius 1 is 1.17 bits per heavy atom. The van der Waals surface area contributed by atoms with E-state index in [1.807, 2.05) is 17.1 Å². The zero-order valence-electron chi connectivity index (χ0n) is 16.9. The van der Waals surface area contributed by atoms with Crippen molar-refractivity contribution in [2.75, 3.05) is 26.3 Å². The van der Waals surface area contributed by atoms with Crippen LogP contribution in [0.2, 0.25) is 0 Å². The van der Waals surface area contributed by atoms with Crippen LogP contribution >= 0.6 is 24.2 Å². The standard InChI is InChI=1S/C22H28N4OS2/c1-15-14-29-22(24-15)20-13-26(28)21-19(20)11-17(12-23-21)16-3-5-18(6-4-16)25-7-2-9-27-10-8-25/h11-14,16,18,28H,2-10H2,1H3. The molecule has 1 aliphatic carbocycles. The number of pyridine rings is 1. The first-order valence-electron chi connectivity index (χ1n) is 10.6. The SMILES string of the molecule is Cc1csc(-c2cn(S)c3ncc(C4CCC(N5CCCOCC5)CC4)cc23)n1. The van der Waals surface area contributed by atoms with Crippen molar-refractivity contribution in [3.8, 4) is 10.6 Å². The Kier molecular flexibility index (Phi) is 5.65. The van der Waals surface area contributed by atoms with E-state index in [1.165, 1.54) is 49.6 Å². The normalized spacial score (nSPS) is 24.1. The number of fused-ring (bicyclic) bond motifs is 1. The van der Waals surface area contributed by atoms with Crippen LogP contribution in [0.3, 0.4) is 0 Å². The number of thiol groups is 1. The van der Waals surface area contributed by atoms with Crippen molar-refractivity contribution in [1.29, 1.82) is 0 Å². The van der Waals surface area contributed by atoms with Gasteiger partial charge in [0.05, 0.1) is 6.61 Å². The molecule has 0 radical (unpaired) electrons. The molecule has 3 aromatic heterocycles. The monoisotopic (exact) mass is 428 g/mol. The van der Waals surface area contributed by atoms with Crippen LogP contribution in [0.25, 0.3) is 21.6 Å². The lowest BCUT2D eigenvalue weighted by Gasteiger charge is -2.36. The molecular weight excluding hydrogens is 400 g/mol. The topological polar surface area (TPSA) is 43.2 Å². The van der Waals surface area contributed by atoms with E-state index < -0.39 is 0 Å². The van der Waals surface area contributed by atoms with Gasteiger partial charge in [-0.05, 0) is 56.6 Å². The van der Waals surface area contributed by atoms with E-state index in [0.29, 0.717) is 5.92 Å². The highest BCUT2D eigenvalue weighted by Crippen LogP contribution is 2.38. The van der Waals surface area contributed by atoms with Crippen LogP contribution in [0.4, 0.5) is 0 Å². The van der Waals surface area contributed by atoms with E-state index in [-0.39, 0.29) is 0 Å². The van der Waals surface area contributed by atoms with Crippen LogP contribution < -0.4 is 0 Å². The van der Waals surface area contributed by atoms with Gasteiger partial charge in [0, 0.05) is 60.2 Å². The summed E-state index contributed by atoms with van der Waals surface area (Å²) in [7, 11) is 0. The minimum Gasteiger partial charge on any atom is -0.380 e. The molecule has 0 amide bonds. The van der Waals surface area contributed by atoms with Crippen LogP contribution in [-0.4, -0.2) is 51.2 Å². The van der Waals surface area contributed by atoms with Gasteiger partial charge >= 0.3 is 0 Å². The Bertz CT molecular complexity index is 982. The quantitative estimate of drug-likeness (QED) is 0.602. The van der Waals surface area contributed by atoms with Gasteiger partial charge < -0.3 is 4.74 Å². The van der Waals surface area contributed by atoms with Crippen LogP contribution in [-0.2, 0) is 4.74 Å². The molecule has 0 bridgehead atoms. The van der Waals surface area contributed by atoms with Crippen LogP contribution in [0.15, 0.2) is 23.8 Å². The molecule has 0 unspecified atom stereocenters. The fourth-order valence-corrected chi connectivity index (χ4v) is 5.98. The van der Waals surface area contributed by atoms with Gasteiger partial charge in [-0.2, -0.15) is 0 Å². The van der Waals surface area contributed by atoms with Crippen molar-refractivity contribution in [2.45, 2.75) is 51.0 Å². The van der Waals surface area contributed by atoms with Crippen LogP contribution in [0, 0.1) is 6.92 Å². The molecule has 2 fully saturated rings. The fourth-order valence-electron chi connectivity index (χ4n) is 4.88. The molecule has 7 heteroatoms. The average molecular weight is 429 g/mol. The molecule has 1 saturated heterocycles. The molecule has 0 atom stereocenters. The van der Waals surface area contributed by atoms with Gasteiger partial charge in [0.15, 0.2) is 0 Å². The van der Waals surface area contributed by atoms with Crippen molar-refractivity contribution in [3.05, 3.63) is 35.1 Å². The smallest absolute Gasteiger partial charge is 0.150 e. The largest absolute Gasteiger partial charge is 0.380 e. The Hall–Kier alpha value is -1.41. The lowest BCUT2D eigenvalue weighted by atomic mass is 9.81. The molecule has 29 heavy (non-hydrogen) atoms. The van der Waals surface area contributed by atoms with Gasteiger partial charge in [-0.25, -0.2) is 9.97 Å². The minimum absolute atomic E-state index is 0.598. The summed E-state index contributed by atoms with van der Waals surface area (Å²) in [6.45, 7) is 6.13. The molecule has 1 aliphatic heterocycles. The maximum absolute atomic E-state index is 5.64. The third kappa shape index (κ3) is 3.98. The van der Waals surface area contributed by atoms with Gasteiger partial charge in [0.25, 0.3) is 0 Å². The van der Waals surface area contributed by atoms with Gasteiger partial charge in [-0.3, -0.25) is 8.87 Å². The molecule has 4 heterocycles. The van der Waals surface area contributed by atoms with E-state index >= 15 is 0 Å². The van der Waals surface area contributed by atoms with E-state index in [2.05, 4.69) is 40.3 Å². The Morgan fingerprint density at radius 3 is 2.83 bits per heavy atom. The average Bonchev–Trinajstić information content (AvgIpc) is 3.19. The molecule has 0 N–H and O–H groups in total. The third-order valence-electron chi connectivity index (χ3n) is 6.44. The zero-order valence-corrected chi connectivity index (χ0v) is 18.6. The van der Waals surface area contributed by atoms with Gasteiger partial charge in [0.2, 0.25) is 0 Å². The number of nitrogens with zero attached hydrogens (tertiary/aromatic N) is 4. The number of aromatic nitrogens is 3. The second-order valence-electron chi connectivity index (χ2n) is 8.33. The lowest BCUT2D eigenvalue weighted by Crippen LogP contribution is -2.39. The Morgan fingerprint density at radius 2 is 2.03 bits per heavy atom. The summed E-state index contributed by atoms with van der Waals surface area (Å²) in [5.41, 5.74) is 4.48. The molecule has 5 nitrogen and oxygen atoms in total. The van der Waals surface area contributed by atoms with Crippen LogP contribution in [0.1, 0.15) is 49.3 Å². The van der Waals surface area contributed by atoms with Gasteiger partial charge in [-0.15, -0.1) is 11.3 Å². The molecule has 5 rings (SSSR count). The zero-order chi connectivity index (χ0) is 19.8. The van der Waals surface area contributed by atoms with E-state index in [0.717, 1.165) is 47.7 Å². The summed E-state index contributed by atoms with van der Waals surface area (Å²) in [5.74, 6) is 0.598. The van der Waals surface area contributed by atoms with Gasteiger partial charge in [-0.1, -0.05) is 12.8 Å². The maximum Gasteiger partial charge on any atom is 0.150 e. The first-order chi connectivity index (χ1) is 14.2. The summed E-state index contributed by atoms with van der Waals surface area (Å²) < 4.78 is 7.46. The summed E-state index contributed by atoms with van der Waals surface area (Å²) >= 11 is 6.27. The summed E-state index contributed by atoms with van der Waals surface area (Å²) in [6.07, 6.45) is 10.3. The summed E-state index contributed by atoms with van der Waals surface area (Å²) in [6, 6.07) is 3.06. The number of aryl methyl sites for hydroxylation is 1. The minimum atomic E-state index is 0.598. The van der Waals surface area contributed by atoms with Crippen molar-refractivity contribution in [3.63, 3.8) is 0 Å².